The van der Waals surface area contributed by atoms with Crippen LogP contribution in [-0.2, 0) is 14.6 Å². The molecule has 0 bridgehead atoms. The number of hydrogen-bond acceptors (Lipinski definition) is 6. The van der Waals surface area contributed by atoms with Gasteiger partial charge >= 0.3 is 5.97 Å². The number of nitrogens with one attached hydrogen (secondary N) is 1. The first-order chi connectivity index (χ1) is 13.0. The number of rotatable bonds is 7. The number of hydrogen-bond donors (Lipinski definition) is 1. The molecule has 0 aliphatic carbocycles. The predicted molar refractivity (Wildman–Crippen MR) is 104 cm³/mol. The molecule has 1 atom stereocenters. The van der Waals surface area contributed by atoms with Gasteiger partial charge in [0.05, 0.1) is 21.9 Å². The quantitative estimate of drug-likeness (QED) is 0.560. The highest BCUT2D eigenvalue weighted by atomic mass is 32.2. The van der Waals surface area contributed by atoms with Gasteiger partial charge in [0.1, 0.15) is 0 Å². The number of aryl methyl sites for hydroxylation is 1. The molecule has 2 rings (SSSR count). The van der Waals surface area contributed by atoms with Gasteiger partial charge in [-0.25, -0.2) is 13.2 Å². The first-order valence-electron chi connectivity index (χ1n) is 8.78. The Bertz CT molecular complexity index is 1050. The van der Waals surface area contributed by atoms with Crippen molar-refractivity contribution in [1.29, 1.82) is 0 Å². The monoisotopic (exact) mass is 405 g/mol. The van der Waals surface area contributed by atoms with E-state index in [-0.39, 0.29) is 27.7 Å². The van der Waals surface area contributed by atoms with Crippen LogP contribution in [0.25, 0.3) is 0 Å². The van der Waals surface area contributed by atoms with Crippen molar-refractivity contribution in [3.05, 3.63) is 52.3 Å². The highest BCUT2D eigenvalue weighted by Gasteiger charge is 2.28. The lowest BCUT2D eigenvalue weighted by Gasteiger charge is -2.14. The molecule has 2 aromatic rings. The molecule has 0 radical (unpaired) electrons. The predicted octanol–water partition coefficient (Wildman–Crippen LogP) is 3.06. The van der Waals surface area contributed by atoms with Crippen molar-refractivity contribution in [3.63, 3.8) is 0 Å². The van der Waals surface area contributed by atoms with Gasteiger partial charge in [0.25, 0.3) is 0 Å². The third kappa shape index (κ3) is 4.06. The van der Waals surface area contributed by atoms with Crippen LogP contribution < -0.4 is 0 Å². The summed E-state index contributed by atoms with van der Waals surface area (Å²) < 4.78 is 29.6. The van der Waals surface area contributed by atoms with Crippen molar-refractivity contribution in [2.75, 3.05) is 5.75 Å². The number of ether oxygens (including phenoxy) is 1. The van der Waals surface area contributed by atoms with Gasteiger partial charge in [0, 0.05) is 11.3 Å². The lowest BCUT2D eigenvalue weighted by Crippen LogP contribution is -2.26. The zero-order valence-electron chi connectivity index (χ0n) is 16.5. The van der Waals surface area contributed by atoms with E-state index in [1.54, 1.807) is 13.8 Å². The van der Waals surface area contributed by atoms with Crippen LogP contribution in [-0.4, -0.2) is 42.8 Å². The van der Waals surface area contributed by atoms with E-state index in [0.717, 1.165) is 0 Å². The highest BCUT2D eigenvalue weighted by Crippen LogP contribution is 2.22. The summed E-state index contributed by atoms with van der Waals surface area (Å²) in [7, 11) is -3.63. The molecule has 0 aliphatic rings. The molecule has 0 fully saturated rings. The fourth-order valence-corrected chi connectivity index (χ4v) is 4.15. The Kier molecular flexibility index (Phi) is 6.23. The minimum absolute atomic E-state index is 0.118. The third-order valence-corrected chi connectivity index (χ3v) is 6.30. The zero-order chi connectivity index (χ0) is 21.2. The van der Waals surface area contributed by atoms with Gasteiger partial charge in [-0.05, 0) is 45.4 Å². The van der Waals surface area contributed by atoms with E-state index >= 15 is 0 Å². The number of aromatic amines is 1. The molecule has 8 heteroatoms. The Balaban J connectivity index is 2.31. The summed E-state index contributed by atoms with van der Waals surface area (Å²) in [5, 5.41) is 0. The number of ketones is 2. The molecule has 7 nitrogen and oxygen atoms in total. The molecule has 150 valence electrons. The number of aromatic nitrogens is 1. The van der Waals surface area contributed by atoms with Gasteiger partial charge in [0.2, 0.25) is 5.78 Å². The van der Waals surface area contributed by atoms with E-state index in [0.29, 0.717) is 16.8 Å². The van der Waals surface area contributed by atoms with Gasteiger partial charge in [-0.1, -0.05) is 19.1 Å². The molecular formula is C20H23NO6S. The standard InChI is InChI=1S/C20H23NO6S/c1-6-28(25,26)16-10-8-7-9-15(16)20(24)27-14(5)19(23)18-11(2)17(13(4)22)12(3)21-18/h7-10,14,21H,6H2,1-5H3. The van der Waals surface area contributed by atoms with Gasteiger partial charge in [0.15, 0.2) is 21.7 Å². The Morgan fingerprint density at radius 2 is 1.75 bits per heavy atom. The van der Waals surface area contributed by atoms with Crippen molar-refractivity contribution in [2.24, 2.45) is 0 Å². The minimum Gasteiger partial charge on any atom is -0.451 e. The first kappa shape index (κ1) is 21.6. The summed E-state index contributed by atoms with van der Waals surface area (Å²) in [5.41, 5.74) is 1.56. The number of Topliss-reactive ketones (excluding diaryl/α,β-unsaturated/α-hetero) is 2. The summed E-state index contributed by atoms with van der Waals surface area (Å²) in [6, 6.07) is 5.72. The molecular weight excluding hydrogens is 382 g/mol. The number of esters is 1. The Morgan fingerprint density at radius 3 is 2.29 bits per heavy atom. The largest absolute Gasteiger partial charge is 0.451 e. The molecule has 0 aliphatic heterocycles. The minimum atomic E-state index is -3.63. The van der Waals surface area contributed by atoms with Crippen LogP contribution in [0.1, 0.15) is 63.2 Å². The van der Waals surface area contributed by atoms with Crippen LogP contribution in [0.5, 0.6) is 0 Å². The van der Waals surface area contributed by atoms with Crippen LogP contribution in [0, 0.1) is 13.8 Å². The normalized spacial score (nSPS) is 12.5. The van der Waals surface area contributed by atoms with Crippen molar-refractivity contribution in [2.45, 2.75) is 45.6 Å². The Hall–Kier alpha value is -2.74. The SMILES string of the molecule is CCS(=O)(=O)c1ccccc1C(=O)OC(C)C(=O)c1[nH]c(C)c(C(C)=O)c1C. The van der Waals surface area contributed by atoms with Crippen molar-refractivity contribution >= 4 is 27.4 Å². The van der Waals surface area contributed by atoms with E-state index in [4.69, 9.17) is 4.74 Å². The topological polar surface area (TPSA) is 110 Å². The highest BCUT2D eigenvalue weighted by molar-refractivity contribution is 7.91. The van der Waals surface area contributed by atoms with E-state index in [2.05, 4.69) is 4.98 Å². The van der Waals surface area contributed by atoms with Gasteiger partial charge in [-0.15, -0.1) is 0 Å². The van der Waals surface area contributed by atoms with Crippen LogP contribution >= 0.6 is 0 Å². The second-order valence-electron chi connectivity index (χ2n) is 6.49. The fraction of sp³-hybridized carbons (Fsp3) is 0.350. The summed E-state index contributed by atoms with van der Waals surface area (Å²) in [6.07, 6.45) is -1.17. The smallest absolute Gasteiger partial charge is 0.340 e. The molecule has 1 heterocycles. The lowest BCUT2D eigenvalue weighted by atomic mass is 10.0. The first-order valence-corrected chi connectivity index (χ1v) is 10.4. The molecule has 1 N–H and O–H groups in total. The van der Waals surface area contributed by atoms with Crippen LogP contribution in [0.15, 0.2) is 29.2 Å². The fourth-order valence-electron chi connectivity index (χ4n) is 3.07. The average Bonchev–Trinajstić information content (AvgIpc) is 2.95. The van der Waals surface area contributed by atoms with E-state index in [1.807, 2.05) is 0 Å². The van der Waals surface area contributed by atoms with Gasteiger partial charge < -0.3 is 9.72 Å². The average molecular weight is 405 g/mol. The van der Waals surface area contributed by atoms with Crippen LogP contribution in [0.2, 0.25) is 0 Å². The Morgan fingerprint density at radius 1 is 1.14 bits per heavy atom. The number of carbonyl (C=O) groups is 3. The van der Waals surface area contributed by atoms with E-state index in [9.17, 15) is 22.8 Å². The molecule has 1 unspecified atom stereocenters. The maximum Gasteiger partial charge on any atom is 0.340 e. The maximum atomic E-state index is 12.7. The lowest BCUT2D eigenvalue weighted by molar-refractivity contribution is 0.0313. The molecule has 0 saturated heterocycles. The number of H-pyrrole nitrogens is 1. The zero-order valence-corrected chi connectivity index (χ0v) is 17.3. The summed E-state index contributed by atoms with van der Waals surface area (Å²) in [5.74, 6) is -1.74. The molecule has 1 aromatic heterocycles. The molecule has 0 saturated carbocycles. The van der Waals surface area contributed by atoms with Crippen LogP contribution in [0.3, 0.4) is 0 Å². The van der Waals surface area contributed by atoms with E-state index in [1.165, 1.54) is 45.0 Å². The van der Waals surface area contributed by atoms with E-state index < -0.39 is 27.7 Å². The molecule has 0 spiro atoms. The Labute approximate surface area is 164 Å². The van der Waals surface area contributed by atoms with Crippen molar-refractivity contribution < 1.29 is 27.5 Å². The number of carbonyl (C=O) groups excluding carboxylic acids is 3. The van der Waals surface area contributed by atoms with Crippen molar-refractivity contribution in [1.82, 2.24) is 4.98 Å². The second-order valence-corrected chi connectivity index (χ2v) is 8.74. The third-order valence-electron chi connectivity index (χ3n) is 4.51. The number of benzene rings is 1. The van der Waals surface area contributed by atoms with Crippen LogP contribution in [0.4, 0.5) is 0 Å². The number of sulfone groups is 1. The summed E-state index contributed by atoms with van der Waals surface area (Å²) >= 11 is 0. The molecule has 28 heavy (non-hydrogen) atoms. The summed E-state index contributed by atoms with van der Waals surface area (Å²) in [4.78, 5) is 39.7. The maximum absolute atomic E-state index is 12.7. The second kappa shape index (κ2) is 8.10. The summed E-state index contributed by atoms with van der Waals surface area (Å²) in [6.45, 7) is 7.62. The van der Waals surface area contributed by atoms with Crippen molar-refractivity contribution in [3.8, 4) is 0 Å². The van der Waals surface area contributed by atoms with Gasteiger partial charge in [-0.2, -0.15) is 0 Å². The van der Waals surface area contributed by atoms with Gasteiger partial charge in [-0.3, -0.25) is 9.59 Å². The molecule has 0 amide bonds. The molecule has 1 aromatic carbocycles.